The molecule has 6 nitrogen and oxygen atoms in total. The number of aromatic nitrogens is 3. The van der Waals surface area contributed by atoms with Crippen molar-refractivity contribution < 1.29 is 4.79 Å². The molecule has 0 radical (unpaired) electrons. The van der Waals surface area contributed by atoms with Crippen molar-refractivity contribution >= 4 is 5.91 Å². The Balaban J connectivity index is 1.48. The summed E-state index contributed by atoms with van der Waals surface area (Å²) in [4.78, 5) is 16.9. The van der Waals surface area contributed by atoms with Crippen molar-refractivity contribution in [2.24, 2.45) is 0 Å². The number of nitrogens with one attached hydrogen (secondary N) is 2. The largest absolute Gasteiger partial charge is 0.347 e. The average molecular weight is 367 g/mol. The summed E-state index contributed by atoms with van der Waals surface area (Å²) in [6.07, 6.45) is 11.8. The van der Waals surface area contributed by atoms with E-state index in [1.54, 1.807) is 12.4 Å². The lowest BCUT2D eigenvalue weighted by atomic mass is 9.90. The summed E-state index contributed by atoms with van der Waals surface area (Å²) >= 11 is 0. The van der Waals surface area contributed by atoms with E-state index in [2.05, 4.69) is 27.6 Å². The zero-order chi connectivity index (χ0) is 18.6. The summed E-state index contributed by atoms with van der Waals surface area (Å²) in [5.74, 6) is -0.0724. The van der Waals surface area contributed by atoms with Gasteiger partial charge >= 0.3 is 0 Å². The molecule has 1 atom stereocenters. The van der Waals surface area contributed by atoms with Crippen LogP contribution in [0.1, 0.15) is 66.3 Å². The summed E-state index contributed by atoms with van der Waals surface area (Å²) < 4.78 is 2.02. The van der Waals surface area contributed by atoms with Gasteiger partial charge in [-0.3, -0.25) is 14.5 Å². The molecule has 144 valence electrons. The second kappa shape index (κ2) is 8.21. The predicted octanol–water partition coefficient (Wildman–Crippen LogP) is 2.62. The minimum absolute atomic E-state index is 0.0724. The Bertz CT molecular complexity index is 779. The van der Waals surface area contributed by atoms with E-state index in [4.69, 9.17) is 0 Å². The van der Waals surface area contributed by atoms with Gasteiger partial charge in [0.2, 0.25) is 0 Å². The first-order valence-electron chi connectivity index (χ1n) is 10.3. The Labute approximate surface area is 160 Å². The van der Waals surface area contributed by atoms with Gasteiger partial charge in [0.05, 0.1) is 0 Å². The number of rotatable bonds is 6. The van der Waals surface area contributed by atoms with Crippen LogP contribution in [0, 0.1) is 0 Å². The quantitative estimate of drug-likeness (QED) is 0.823. The summed E-state index contributed by atoms with van der Waals surface area (Å²) in [6.45, 7) is 3.40. The van der Waals surface area contributed by atoms with Crippen LogP contribution in [0.15, 0.2) is 24.5 Å². The van der Waals surface area contributed by atoms with Crippen molar-refractivity contribution in [1.82, 2.24) is 25.4 Å². The van der Waals surface area contributed by atoms with E-state index in [1.807, 2.05) is 16.8 Å². The molecule has 0 spiro atoms. The third-order valence-electron chi connectivity index (χ3n) is 5.89. The van der Waals surface area contributed by atoms with Crippen molar-refractivity contribution in [2.45, 2.75) is 77.0 Å². The van der Waals surface area contributed by atoms with Gasteiger partial charge in [-0.25, -0.2) is 0 Å². The molecule has 2 N–H and O–H groups in total. The standard InChI is InChI=1S/C21H29N5O/c1-2-26-19-8-7-17(24-16-5-3-4-6-16)13-18(19)20(25-26)21(27)23-14-15-9-11-22-12-10-15/h9-12,16-17,24H,2-8,13-14H2,1H3,(H,23,27)/t17-/m0/s1. The van der Waals surface area contributed by atoms with Gasteiger partial charge in [-0.2, -0.15) is 5.10 Å². The monoisotopic (exact) mass is 367 g/mol. The van der Waals surface area contributed by atoms with Gasteiger partial charge in [-0.1, -0.05) is 12.8 Å². The molecule has 2 aliphatic rings. The summed E-state index contributed by atoms with van der Waals surface area (Å²) in [7, 11) is 0. The molecule has 4 rings (SSSR count). The number of amides is 1. The van der Waals surface area contributed by atoms with Gasteiger partial charge in [-0.05, 0) is 56.7 Å². The van der Waals surface area contributed by atoms with E-state index in [0.29, 0.717) is 24.3 Å². The van der Waals surface area contributed by atoms with Crippen LogP contribution in [0.5, 0.6) is 0 Å². The molecule has 0 bridgehead atoms. The highest BCUT2D eigenvalue weighted by atomic mass is 16.1. The molecule has 1 fully saturated rings. The Hall–Kier alpha value is -2.21. The van der Waals surface area contributed by atoms with Crippen LogP contribution in [-0.2, 0) is 25.9 Å². The number of hydrogen-bond acceptors (Lipinski definition) is 4. The SMILES string of the molecule is CCn1nc(C(=O)NCc2ccncc2)c2c1CC[C@H](NC1CCCC1)C2. The molecule has 2 aliphatic carbocycles. The molecular formula is C21H29N5O. The number of fused-ring (bicyclic) bond motifs is 1. The van der Waals surface area contributed by atoms with Gasteiger partial charge < -0.3 is 10.6 Å². The highest BCUT2D eigenvalue weighted by molar-refractivity contribution is 5.94. The second-order valence-corrected chi connectivity index (χ2v) is 7.72. The molecule has 2 aromatic rings. The number of hydrogen-bond donors (Lipinski definition) is 2. The number of aryl methyl sites for hydroxylation is 1. The molecular weight excluding hydrogens is 338 g/mol. The van der Waals surface area contributed by atoms with Gasteiger partial charge in [0.15, 0.2) is 5.69 Å². The number of carbonyl (C=O) groups is 1. The van der Waals surface area contributed by atoms with Crippen molar-refractivity contribution in [2.75, 3.05) is 0 Å². The molecule has 2 aromatic heterocycles. The Morgan fingerprint density at radius 3 is 2.70 bits per heavy atom. The maximum absolute atomic E-state index is 12.8. The molecule has 0 aromatic carbocycles. The Kier molecular flexibility index (Phi) is 5.53. The first-order valence-corrected chi connectivity index (χ1v) is 10.3. The Morgan fingerprint density at radius 2 is 1.96 bits per heavy atom. The summed E-state index contributed by atoms with van der Waals surface area (Å²) in [6, 6.07) is 4.95. The zero-order valence-corrected chi connectivity index (χ0v) is 16.1. The van der Waals surface area contributed by atoms with Gasteiger partial charge in [0.25, 0.3) is 5.91 Å². The highest BCUT2D eigenvalue weighted by Crippen LogP contribution is 2.27. The zero-order valence-electron chi connectivity index (χ0n) is 16.1. The fourth-order valence-corrected chi connectivity index (χ4v) is 4.47. The maximum atomic E-state index is 12.8. The molecule has 0 aliphatic heterocycles. The fourth-order valence-electron chi connectivity index (χ4n) is 4.47. The van der Waals surface area contributed by atoms with Crippen LogP contribution in [-0.4, -0.2) is 32.8 Å². The van der Waals surface area contributed by atoms with Crippen LogP contribution in [0.2, 0.25) is 0 Å². The first kappa shape index (κ1) is 18.2. The molecule has 0 saturated heterocycles. The second-order valence-electron chi connectivity index (χ2n) is 7.72. The van der Waals surface area contributed by atoms with Gasteiger partial charge in [0, 0.05) is 48.8 Å². The molecule has 27 heavy (non-hydrogen) atoms. The maximum Gasteiger partial charge on any atom is 0.272 e. The van der Waals surface area contributed by atoms with Crippen LogP contribution < -0.4 is 10.6 Å². The van der Waals surface area contributed by atoms with E-state index in [9.17, 15) is 4.79 Å². The number of nitrogens with zero attached hydrogens (tertiary/aromatic N) is 3. The minimum atomic E-state index is -0.0724. The van der Waals surface area contributed by atoms with Crippen molar-refractivity contribution in [3.8, 4) is 0 Å². The van der Waals surface area contributed by atoms with Crippen molar-refractivity contribution in [3.63, 3.8) is 0 Å². The number of pyridine rings is 1. The molecule has 1 saturated carbocycles. The molecule has 1 amide bonds. The minimum Gasteiger partial charge on any atom is -0.347 e. The summed E-state index contributed by atoms with van der Waals surface area (Å²) in [5, 5.41) is 11.5. The fraction of sp³-hybridized carbons (Fsp3) is 0.571. The van der Waals surface area contributed by atoms with Gasteiger partial charge in [-0.15, -0.1) is 0 Å². The van der Waals surface area contributed by atoms with E-state index >= 15 is 0 Å². The topological polar surface area (TPSA) is 71.8 Å². The predicted molar refractivity (Wildman–Crippen MR) is 105 cm³/mol. The third-order valence-corrected chi connectivity index (χ3v) is 5.89. The molecule has 0 unspecified atom stereocenters. The summed E-state index contributed by atoms with van der Waals surface area (Å²) in [5.41, 5.74) is 4.05. The molecule has 6 heteroatoms. The van der Waals surface area contributed by atoms with E-state index in [0.717, 1.165) is 36.9 Å². The lowest BCUT2D eigenvalue weighted by molar-refractivity contribution is 0.0944. The lowest BCUT2D eigenvalue weighted by Gasteiger charge is -2.27. The lowest BCUT2D eigenvalue weighted by Crippen LogP contribution is -2.40. The first-order chi connectivity index (χ1) is 13.2. The van der Waals surface area contributed by atoms with Gasteiger partial charge in [0.1, 0.15) is 0 Å². The van der Waals surface area contributed by atoms with Crippen molar-refractivity contribution in [1.29, 1.82) is 0 Å². The molecule has 2 heterocycles. The van der Waals surface area contributed by atoms with Crippen LogP contribution in [0.25, 0.3) is 0 Å². The normalized spacial score (nSPS) is 19.8. The van der Waals surface area contributed by atoms with E-state index in [-0.39, 0.29) is 5.91 Å². The smallest absolute Gasteiger partial charge is 0.272 e. The van der Waals surface area contributed by atoms with E-state index in [1.165, 1.54) is 31.4 Å². The average Bonchev–Trinajstić information content (AvgIpc) is 3.34. The highest BCUT2D eigenvalue weighted by Gasteiger charge is 2.30. The van der Waals surface area contributed by atoms with Crippen LogP contribution in [0.3, 0.4) is 0 Å². The Morgan fingerprint density at radius 1 is 1.19 bits per heavy atom. The van der Waals surface area contributed by atoms with Crippen LogP contribution in [0.4, 0.5) is 0 Å². The van der Waals surface area contributed by atoms with Crippen LogP contribution >= 0.6 is 0 Å². The number of carbonyl (C=O) groups excluding carboxylic acids is 1. The van der Waals surface area contributed by atoms with E-state index < -0.39 is 0 Å². The third kappa shape index (κ3) is 4.05. The van der Waals surface area contributed by atoms with Crippen molar-refractivity contribution in [3.05, 3.63) is 47.0 Å².